The molecule has 0 aromatic heterocycles. The van der Waals surface area contributed by atoms with Crippen LogP contribution in [0.1, 0.15) is 56.2 Å². The number of nitrogens with one attached hydrogen (secondary N) is 1. The van der Waals surface area contributed by atoms with Crippen LogP contribution in [0.2, 0.25) is 5.02 Å². The zero-order valence-electron chi connectivity index (χ0n) is 12.0. The highest BCUT2D eigenvalue weighted by Crippen LogP contribution is 2.29. The highest BCUT2D eigenvalue weighted by Gasteiger charge is 2.14. The summed E-state index contributed by atoms with van der Waals surface area (Å²) in [6, 6.07) is 6.84. The standard InChI is InChI=1S/C17H24ClN/c1-3-19-17(11-14-7-5-4-6-8-14)15-10-9-13(2)16(18)12-15/h7,9-10,12,17,19H,3-6,8,11H2,1-2H3. The molecule has 104 valence electrons. The third-order valence-corrected chi connectivity index (χ3v) is 4.31. The molecule has 0 amide bonds. The van der Waals surface area contributed by atoms with Crippen LogP contribution in [0.4, 0.5) is 0 Å². The van der Waals surface area contributed by atoms with Gasteiger partial charge in [-0.15, -0.1) is 0 Å². The van der Waals surface area contributed by atoms with E-state index >= 15 is 0 Å². The van der Waals surface area contributed by atoms with E-state index in [1.54, 1.807) is 5.57 Å². The van der Waals surface area contributed by atoms with Crippen LogP contribution in [0.25, 0.3) is 0 Å². The van der Waals surface area contributed by atoms with Gasteiger partial charge < -0.3 is 5.32 Å². The molecule has 0 aliphatic heterocycles. The molecule has 0 fully saturated rings. The third-order valence-electron chi connectivity index (χ3n) is 3.90. The van der Waals surface area contributed by atoms with Crippen molar-refractivity contribution >= 4 is 11.6 Å². The molecule has 1 aliphatic rings. The molecule has 2 heteroatoms. The van der Waals surface area contributed by atoms with Crippen molar-refractivity contribution in [1.82, 2.24) is 5.32 Å². The largest absolute Gasteiger partial charge is 0.310 e. The van der Waals surface area contributed by atoms with Gasteiger partial charge in [0.15, 0.2) is 0 Å². The Morgan fingerprint density at radius 1 is 1.32 bits per heavy atom. The minimum Gasteiger partial charge on any atom is -0.310 e. The van der Waals surface area contributed by atoms with Gasteiger partial charge >= 0.3 is 0 Å². The maximum atomic E-state index is 6.26. The number of hydrogen-bond acceptors (Lipinski definition) is 1. The normalized spacial score (nSPS) is 17.1. The highest BCUT2D eigenvalue weighted by atomic mass is 35.5. The molecule has 0 bridgehead atoms. The fourth-order valence-corrected chi connectivity index (χ4v) is 2.92. The van der Waals surface area contributed by atoms with Gasteiger partial charge in [0.05, 0.1) is 0 Å². The van der Waals surface area contributed by atoms with Crippen LogP contribution in [0.5, 0.6) is 0 Å². The summed E-state index contributed by atoms with van der Waals surface area (Å²) < 4.78 is 0. The molecule has 1 aromatic rings. The third kappa shape index (κ3) is 4.09. The second kappa shape index (κ2) is 7.12. The van der Waals surface area contributed by atoms with Crippen LogP contribution in [-0.4, -0.2) is 6.54 Å². The van der Waals surface area contributed by atoms with Gasteiger partial charge in [0.1, 0.15) is 0 Å². The lowest BCUT2D eigenvalue weighted by Gasteiger charge is -2.22. The molecule has 0 saturated heterocycles. The Kier molecular flexibility index (Phi) is 5.47. The summed E-state index contributed by atoms with van der Waals surface area (Å²) in [5.41, 5.74) is 4.07. The summed E-state index contributed by atoms with van der Waals surface area (Å²) in [6.07, 6.45) is 8.77. The molecule has 2 rings (SSSR count). The summed E-state index contributed by atoms with van der Waals surface area (Å²) in [5, 5.41) is 4.47. The van der Waals surface area contributed by atoms with Crippen LogP contribution in [0.15, 0.2) is 29.8 Å². The molecular formula is C17H24ClN. The number of allylic oxidation sites excluding steroid dienone is 1. The van der Waals surface area contributed by atoms with E-state index in [4.69, 9.17) is 11.6 Å². The smallest absolute Gasteiger partial charge is 0.0438 e. The van der Waals surface area contributed by atoms with E-state index in [9.17, 15) is 0 Å². The van der Waals surface area contributed by atoms with Gasteiger partial charge in [0.25, 0.3) is 0 Å². The highest BCUT2D eigenvalue weighted by molar-refractivity contribution is 6.31. The molecule has 1 unspecified atom stereocenters. The number of rotatable bonds is 5. The number of halogens is 1. The summed E-state index contributed by atoms with van der Waals surface area (Å²) in [4.78, 5) is 0. The van der Waals surface area contributed by atoms with E-state index in [-0.39, 0.29) is 0 Å². The predicted octanol–water partition coefficient (Wildman–Crippen LogP) is 5.19. The van der Waals surface area contributed by atoms with Crippen LogP contribution in [0.3, 0.4) is 0 Å². The molecule has 1 N–H and O–H groups in total. The van der Waals surface area contributed by atoms with E-state index in [2.05, 4.69) is 43.4 Å². The van der Waals surface area contributed by atoms with Crippen LogP contribution in [-0.2, 0) is 0 Å². The Labute approximate surface area is 122 Å². The molecule has 0 saturated carbocycles. The lowest BCUT2D eigenvalue weighted by Crippen LogP contribution is -2.21. The number of hydrogen-bond donors (Lipinski definition) is 1. The minimum absolute atomic E-state index is 0.396. The molecule has 0 heterocycles. The topological polar surface area (TPSA) is 12.0 Å². The summed E-state index contributed by atoms with van der Waals surface area (Å²) in [6.45, 7) is 5.21. The molecule has 1 atom stereocenters. The van der Waals surface area contributed by atoms with Gasteiger partial charge in [-0.25, -0.2) is 0 Å². The van der Waals surface area contributed by atoms with Crippen molar-refractivity contribution in [2.75, 3.05) is 6.54 Å². The van der Waals surface area contributed by atoms with Gasteiger partial charge in [-0.05, 0) is 62.8 Å². The van der Waals surface area contributed by atoms with Crippen LogP contribution >= 0.6 is 11.6 Å². The van der Waals surface area contributed by atoms with E-state index < -0.39 is 0 Å². The second-order valence-corrected chi connectivity index (χ2v) is 5.84. The lowest BCUT2D eigenvalue weighted by molar-refractivity contribution is 0.527. The monoisotopic (exact) mass is 277 g/mol. The Balaban J connectivity index is 2.14. The van der Waals surface area contributed by atoms with Crippen molar-refractivity contribution in [1.29, 1.82) is 0 Å². The zero-order valence-corrected chi connectivity index (χ0v) is 12.8. The van der Waals surface area contributed by atoms with Gasteiger partial charge in [0, 0.05) is 11.1 Å². The molecule has 19 heavy (non-hydrogen) atoms. The Hall–Kier alpha value is -0.790. The van der Waals surface area contributed by atoms with Gasteiger partial charge in [-0.1, -0.05) is 42.3 Å². The molecule has 0 spiro atoms. The SMILES string of the molecule is CCNC(CC1=CCCCC1)c1ccc(C)c(Cl)c1. The molecule has 1 nitrogen and oxygen atoms in total. The van der Waals surface area contributed by atoms with Gasteiger partial charge in [-0.2, -0.15) is 0 Å². The fourth-order valence-electron chi connectivity index (χ4n) is 2.73. The van der Waals surface area contributed by atoms with Crippen molar-refractivity contribution < 1.29 is 0 Å². The van der Waals surface area contributed by atoms with Crippen molar-refractivity contribution in [3.8, 4) is 0 Å². The van der Waals surface area contributed by atoms with Gasteiger partial charge in [0.2, 0.25) is 0 Å². The van der Waals surface area contributed by atoms with Crippen molar-refractivity contribution in [2.24, 2.45) is 0 Å². The summed E-state index contributed by atoms with van der Waals surface area (Å²) in [7, 11) is 0. The quantitative estimate of drug-likeness (QED) is 0.731. The lowest BCUT2D eigenvalue weighted by atomic mass is 9.91. The van der Waals surface area contributed by atoms with E-state index in [1.165, 1.54) is 31.2 Å². The second-order valence-electron chi connectivity index (χ2n) is 5.43. The maximum Gasteiger partial charge on any atom is 0.0438 e. The van der Waals surface area contributed by atoms with Crippen LogP contribution in [0, 0.1) is 6.92 Å². The average Bonchev–Trinajstić information content (AvgIpc) is 2.43. The Bertz CT molecular complexity index is 451. The number of aryl methyl sites for hydroxylation is 1. The molecule has 0 radical (unpaired) electrons. The number of benzene rings is 1. The van der Waals surface area contributed by atoms with Crippen LogP contribution < -0.4 is 5.32 Å². The summed E-state index contributed by atoms with van der Waals surface area (Å²) >= 11 is 6.26. The molecule has 1 aliphatic carbocycles. The first kappa shape index (κ1) is 14.6. The minimum atomic E-state index is 0.396. The first-order valence-electron chi connectivity index (χ1n) is 7.38. The van der Waals surface area contributed by atoms with Crippen molar-refractivity contribution in [2.45, 2.75) is 52.0 Å². The average molecular weight is 278 g/mol. The predicted molar refractivity (Wildman–Crippen MR) is 83.8 cm³/mol. The fraction of sp³-hybridized carbons (Fsp3) is 0.529. The van der Waals surface area contributed by atoms with E-state index in [0.29, 0.717) is 6.04 Å². The zero-order chi connectivity index (χ0) is 13.7. The first-order valence-corrected chi connectivity index (χ1v) is 7.76. The maximum absolute atomic E-state index is 6.26. The van der Waals surface area contributed by atoms with Crippen molar-refractivity contribution in [3.63, 3.8) is 0 Å². The molecule has 1 aromatic carbocycles. The van der Waals surface area contributed by atoms with Gasteiger partial charge in [-0.3, -0.25) is 0 Å². The van der Waals surface area contributed by atoms with E-state index in [0.717, 1.165) is 23.6 Å². The Morgan fingerprint density at radius 3 is 2.79 bits per heavy atom. The summed E-state index contributed by atoms with van der Waals surface area (Å²) in [5.74, 6) is 0. The Morgan fingerprint density at radius 2 is 2.16 bits per heavy atom. The molecular weight excluding hydrogens is 254 g/mol. The van der Waals surface area contributed by atoms with E-state index in [1.807, 2.05) is 0 Å². The van der Waals surface area contributed by atoms with Crippen molar-refractivity contribution in [3.05, 3.63) is 46.0 Å². The first-order chi connectivity index (χ1) is 9.20.